The molecule has 2 amide bonds. The number of ether oxygens (including phenoxy) is 1. The minimum atomic E-state index is -4.21. The number of rotatable bonds is 3. The first-order chi connectivity index (χ1) is 10.4. The SMILES string of the molecule is COc1cccc(NC(=O)N2CCN(CC(F)(F)F)CC2)n1. The smallest absolute Gasteiger partial charge is 0.401 e. The summed E-state index contributed by atoms with van der Waals surface area (Å²) in [5.41, 5.74) is 0. The molecular weight excluding hydrogens is 301 g/mol. The maximum absolute atomic E-state index is 12.3. The highest BCUT2D eigenvalue weighted by atomic mass is 19.4. The van der Waals surface area contributed by atoms with Crippen LogP contribution < -0.4 is 10.1 Å². The van der Waals surface area contributed by atoms with E-state index in [1.807, 2.05) is 0 Å². The number of halogens is 3. The molecule has 1 aromatic heterocycles. The predicted octanol–water partition coefficient (Wildman–Crippen LogP) is 1.80. The first kappa shape index (κ1) is 16.3. The Hall–Kier alpha value is -2.03. The molecule has 1 N–H and O–H groups in total. The number of aromatic nitrogens is 1. The Kier molecular flexibility index (Phi) is 5.07. The van der Waals surface area contributed by atoms with Crippen molar-refractivity contribution in [2.45, 2.75) is 6.18 Å². The quantitative estimate of drug-likeness (QED) is 0.923. The molecular formula is C13H17F3N4O2. The van der Waals surface area contributed by atoms with E-state index in [9.17, 15) is 18.0 Å². The average Bonchev–Trinajstić information content (AvgIpc) is 2.46. The third-order valence-electron chi connectivity index (χ3n) is 3.23. The lowest BCUT2D eigenvalue weighted by Crippen LogP contribution is -2.52. The number of anilines is 1. The van der Waals surface area contributed by atoms with Crippen LogP contribution in [0.15, 0.2) is 18.2 Å². The van der Waals surface area contributed by atoms with E-state index in [2.05, 4.69) is 10.3 Å². The minimum Gasteiger partial charge on any atom is -0.481 e. The first-order valence-electron chi connectivity index (χ1n) is 6.73. The Labute approximate surface area is 125 Å². The average molecular weight is 318 g/mol. The molecule has 1 aromatic rings. The van der Waals surface area contributed by atoms with Crippen molar-refractivity contribution in [2.24, 2.45) is 0 Å². The van der Waals surface area contributed by atoms with Crippen LogP contribution in [0.3, 0.4) is 0 Å². The number of amides is 2. The van der Waals surface area contributed by atoms with Crippen LogP contribution in [0.25, 0.3) is 0 Å². The van der Waals surface area contributed by atoms with Gasteiger partial charge in [-0.25, -0.2) is 4.79 Å². The van der Waals surface area contributed by atoms with Gasteiger partial charge in [-0.15, -0.1) is 0 Å². The van der Waals surface area contributed by atoms with E-state index in [0.717, 1.165) is 0 Å². The summed E-state index contributed by atoms with van der Waals surface area (Å²) in [7, 11) is 1.47. The van der Waals surface area contributed by atoms with Gasteiger partial charge in [-0.05, 0) is 6.07 Å². The van der Waals surface area contributed by atoms with Crippen LogP contribution in [0, 0.1) is 0 Å². The number of pyridine rings is 1. The Morgan fingerprint density at radius 2 is 2.00 bits per heavy atom. The first-order valence-corrected chi connectivity index (χ1v) is 6.73. The number of methoxy groups -OCH3 is 1. The van der Waals surface area contributed by atoms with Crippen molar-refractivity contribution in [1.82, 2.24) is 14.8 Å². The van der Waals surface area contributed by atoms with Crippen molar-refractivity contribution >= 4 is 11.8 Å². The summed E-state index contributed by atoms with van der Waals surface area (Å²) in [5.74, 6) is 0.704. The molecule has 0 unspecified atom stereocenters. The Morgan fingerprint density at radius 3 is 2.59 bits per heavy atom. The van der Waals surface area contributed by atoms with Gasteiger partial charge in [0.15, 0.2) is 0 Å². The lowest BCUT2D eigenvalue weighted by atomic mass is 10.3. The monoisotopic (exact) mass is 318 g/mol. The summed E-state index contributed by atoms with van der Waals surface area (Å²) in [6.45, 7) is -0.0748. The zero-order chi connectivity index (χ0) is 16.2. The molecule has 6 nitrogen and oxygen atoms in total. The summed E-state index contributed by atoms with van der Waals surface area (Å²) >= 11 is 0. The van der Waals surface area contributed by atoms with Gasteiger partial charge in [0, 0.05) is 32.2 Å². The summed E-state index contributed by atoms with van der Waals surface area (Å²) < 4.78 is 41.9. The van der Waals surface area contributed by atoms with Gasteiger partial charge in [0.05, 0.1) is 13.7 Å². The van der Waals surface area contributed by atoms with Crippen LogP contribution in [0.4, 0.5) is 23.8 Å². The van der Waals surface area contributed by atoms with Crippen molar-refractivity contribution < 1.29 is 22.7 Å². The summed E-state index contributed by atoms with van der Waals surface area (Å²) in [5, 5.41) is 2.60. The van der Waals surface area contributed by atoms with Crippen LogP contribution in [0.1, 0.15) is 0 Å². The number of urea groups is 1. The molecule has 122 valence electrons. The highest BCUT2D eigenvalue weighted by molar-refractivity contribution is 5.88. The van der Waals surface area contributed by atoms with E-state index in [4.69, 9.17) is 4.74 Å². The van der Waals surface area contributed by atoms with Crippen molar-refractivity contribution in [3.05, 3.63) is 18.2 Å². The second-order valence-electron chi connectivity index (χ2n) is 4.87. The molecule has 1 saturated heterocycles. The molecule has 9 heteroatoms. The van der Waals surface area contributed by atoms with E-state index < -0.39 is 12.7 Å². The number of hydrogen-bond acceptors (Lipinski definition) is 4. The molecule has 0 spiro atoms. The van der Waals surface area contributed by atoms with Gasteiger partial charge in [-0.1, -0.05) is 6.07 Å². The van der Waals surface area contributed by atoms with E-state index in [0.29, 0.717) is 11.7 Å². The molecule has 0 atom stereocenters. The van der Waals surface area contributed by atoms with Crippen molar-refractivity contribution in [3.63, 3.8) is 0 Å². The van der Waals surface area contributed by atoms with Crippen molar-refractivity contribution in [1.29, 1.82) is 0 Å². The molecule has 22 heavy (non-hydrogen) atoms. The number of piperazine rings is 1. The summed E-state index contributed by atoms with van der Waals surface area (Å²) in [4.78, 5) is 18.9. The van der Waals surface area contributed by atoms with Crippen molar-refractivity contribution in [2.75, 3.05) is 45.2 Å². The number of alkyl halides is 3. The zero-order valence-corrected chi connectivity index (χ0v) is 12.1. The number of nitrogens with zero attached hydrogens (tertiary/aromatic N) is 3. The fourth-order valence-electron chi connectivity index (χ4n) is 2.15. The van der Waals surface area contributed by atoms with Gasteiger partial charge in [-0.2, -0.15) is 18.2 Å². The van der Waals surface area contributed by atoms with E-state index >= 15 is 0 Å². The van der Waals surface area contributed by atoms with Crippen molar-refractivity contribution in [3.8, 4) is 5.88 Å². The lowest BCUT2D eigenvalue weighted by Gasteiger charge is -2.34. The number of carbonyl (C=O) groups excluding carboxylic acids is 1. The Balaban J connectivity index is 1.84. The second kappa shape index (κ2) is 6.82. The minimum absolute atomic E-state index is 0.193. The van der Waals surface area contributed by atoms with E-state index in [1.54, 1.807) is 18.2 Å². The summed E-state index contributed by atoms with van der Waals surface area (Å²) in [6, 6.07) is 4.56. The fraction of sp³-hybridized carbons (Fsp3) is 0.538. The molecule has 1 aliphatic rings. The van der Waals surface area contributed by atoms with Crippen LogP contribution in [-0.2, 0) is 0 Å². The molecule has 2 rings (SSSR count). The van der Waals surface area contributed by atoms with Crippen LogP contribution in [-0.4, -0.2) is 66.8 Å². The number of hydrogen-bond donors (Lipinski definition) is 1. The van der Waals surface area contributed by atoms with Crippen LogP contribution in [0.2, 0.25) is 0 Å². The van der Waals surface area contributed by atoms with E-state index in [-0.39, 0.29) is 32.2 Å². The largest absolute Gasteiger partial charge is 0.481 e. The van der Waals surface area contributed by atoms with Crippen LogP contribution >= 0.6 is 0 Å². The van der Waals surface area contributed by atoms with Gasteiger partial charge < -0.3 is 9.64 Å². The third kappa shape index (κ3) is 4.76. The van der Waals surface area contributed by atoms with Gasteiger partial charge >= 0.3 is 12.2 Å². The number of nitrogens with one attached hydrogen (secondary N) is 1. The Morgan fingerprint density at radius 1 is 1.32 bits per heavy atom. The van der Waals surface area contributed by atoms with Gasteiger partial charge in [-0.3, -0.25) is 10.2 Å². The van der Waals surface area contributed by atoms with Gasteiger partial charge in [0.25, 0.3) is 0 Å². The van der Waals surface area contributed by atoms with Gasteiger partial charge in [0.1, 0.15) is 5.82 Å². The molecule has 0 saturated carbocycles. The standard InChI is InChI=1S/C13H17F3N4O2/c1-22-11-4-2-3-10(17-11)18-12(21)20-7-5-19(6-8-20)9-13(14,15)16/h2-4H,5-9H2,1H3,(H,17,18,21). The molecule has 0 aromatic carbocycles. The second-order valence-corrected chi connectivity index (χ2v) is 4.87. The number of carbonyl (C=O) groups is 1. The molecule has 1 aliphatic heterocycles. The zero-order valence-electron chi connectivity index (χ0n) is 12.1. The maximum atomic E-state index is 12.3. The highest BCUT2D eigenvalue weighted by Crippen LogP contribution is 2.18. The third-order valence-corrected chi connectivity index (χ3v) is 3.23. The molecule has 0 bridgehead atoms. The van der Waals surface area contributed by atoms with Gasteiger partial charge in [0.2, 0.25) is 5.88 Å². The molecule has 0 aliphatic carbocycles. The topological polar surface area (TPSA) is 57.7 Å². The molecule has 2 heterocycles. The highest BCUT2D eigenvalue weighted by Gasteiger charge is 2.32. The molecule has 1 fully saturated rings. The maximum Gasteiger partial charge on any atom is 0.401 e. The summed E-state index contributed by atoms with van der Waals surface area (Å²) in [6.07, 6.45) is -4.21. The Bertz CT molecular complexity index is 516. The normalized spacial score (nSPS) is 16.5. The molecule has 0 radical (unpaired) electrons. The fourth-order valence-corrected chi connectivity index (χ4v) is 2.15. The van der Waals surface area contributed by atoms with E-state index in [1.165, 1.54) is 16.9 Å². The lowest BCUT2D eigenvalue weighted by molar-refractivity contribution is -0.148. The van der Waals surface area contributed by atoms with Crippen LogP contribution in [0.5, 0.6) is 5.88 Å². The predicted molar refractivity (Wildman–Crippen MR) is 73.9 cm³/mol.